The van der Waals surface area contributed by atoms with Crippen LogP contribution in [0.2, 0.25) is 0 Å². The Labute approximate surface area is 135 Å². The molecular weight excluding hydrogens is 316 g/mol. The lowest BCUT2D eigenvalue weighted by atomic mass is 10.3. The summed E-state index contributed by atoms with van der Waals surface area (Å²) in [4.78, 5) is 4.42. The first-order chi connectivity index (χ1) is 10.9. The van der Waals surface area contributed by atoms with Crippen LogP contribution in [0.4, 0.5) is 0 Å². The number of hydrogen-bond acceptors (Lipinski definition) is 5. The minimum atomic E-state index is -3.55. The molecule has 0 amide bonds. The zero-order valence-electron chi connectivity index (χ0n) is 13.4. The van der Waals surface area contributed by atoms with E-state index in [1.54, 1.807) is 37.8 Å². The Morgan fingerprint density at radius 3 is 2.70 bits per heavy atom. The van der Waals surface area contributed by atoms with Crippen molar-refractivity contribution in [2.75, 3.05) is 13.1 Å². The lowest BCUT2D eigenvalue weighted by molar-refractivity contribution is 0.207. The smallest absolute Gasteiger partial charge is 0.246 e. The molecule has 124 valence electrons. The van der Waals surface area contributed by atoms with Crippen LogP contribution >= 0.6 is 0 Å². The summed E-state index contributed by atoms with van der Waals surface area (Å²) in [5, 5.41) is 4.20. The Bertz CT molecular complexity index is 802. The van der Waals surface area contributed by atoms with Crippen molar-refractivity contribution in [1.82, 2.24) is 19.1 Å². The quantitative estimate of drug-likeness (QED) is 0.840. The molecule has 0 unspecified atom stereocenters. The third kappa shape index (κ3) is 2.96. The second kappa shape index (κ2) is 5.93. The predicted molar refractivity (Wildman–Crippen MR) is 84.7 cm³/mol. The van der Waals surface area contributed by atoms with Crippen LogP contribution < -0.4 is 4.74 Å². The van der Waals surface area contributed by atoms with Gasteiger partial charge in [-0.2, -0.15) is 9.40 Å². The normalized spacial score (nSPS) is 19.2. The molecule has 0 radical (unpaired) electrons. The molecular formula is C15H20N4O3S. The maximum atomic E-state index is 12.9. The van der Waals surface area contributed by atoms with Gasteiger partial charge in [-0.05, 0) is 26.3 Å². The second-order valence-electron chi connectivity index (χ2n) is 5.68. The zero-order chi connectivity index (χ0) is 16.6. The Kier molecular flexibility index (Phi) is 4.11. The third-order valence-corrected chi connectivity index (χ3v) is 6.19. The molecule has 0 N–H and O–H groups in total. The highest BCUT2D eigenvalue weighted by Crippen LogP contribution is 2.27. The number of sulfonamides is 1. The summed E-state index contributed by atoms with van der Waals surface area (Å²) in [6.07, 6.45) is 2.12. The Hall–Kier alpha value is -1.93. The molecule has 1 atom stereocenters. The first-order valence-corrected chi connectivity index (χ1v) is 8.91. The van der Waals surface area contributed by atoms with Crippen LogP contribution in [-0.2, 0) is 17.1 Å². The molecule has 0 bridgehead atoms. The van der Waals surface area contributed by atoms with E-state index >= 15 is 0 Å². The number of aromatic nitrogens is 3. The highest BCUT2D eigenvalue weighted by molar-refractivity contribution is 7.89. The minimum absolute atomic E-state index is 0.183. The van der Waals surface area contributed by atoms with Crippen LogP contribution in [0.5, 0.6) is 5.88 Å². The molecule has 2 aromatic heterocycles. The fourth-order valence-electron chi connectivity index (χ4n) is 2.86. The van der Waals surface area contributed by atoms with E-state index < -0.39 is 10.0 Å². The summed E-state index contributed by atoms with van der Waals surface area (Å²) < 4.78 is 34.6. The van der Waals surface area contributed by atoms with Gasteiger partial charge in [-0.15, -0.1) is 0 Å². The van der Waals surface area contributed by atoms with E-state index in [0.29, 0.717) is 41.7 Å². The number of aryl methyl sites for hydroxylation is 2. The van der Waals surface area contributed by atoms with Crippen molar-refractivity contribution in [3.63, 3.8) is 0 Å². The number of rotatable bonds is 4. The maximum absolute atomic E-state index is 12.9. The lowest BCUT2D eigenvalue weighted by Crippen LogP contribution is -2.31. The predicted octanol–water partition coefficient (Wildman–Crippen LogP) is 1.27. The van der Waals surface area contributed by atoms with Crippen LogP contribution in [0.25, 0.3) is 0 Å². The molecule has 1 saturated heterocycles. The molecule has 1 aliphatic rings. The molecule has 2 aromatic rings. The highest BCUT2D eigenvalue weighted by atomic mass is 32.2. The molecule has 7 nitrogen and oxygen atoms in total. The second-order valence-corrected chi connectivity index (χ2v) is 7.56. The monoisotopic (exact) mass is 336 g/mol. The molecule has 0 aliphatic carbocycles. The maximum Gasteiger partial charge on any atom is 0.246 e. The minimum Gasteiger partial charge on any atom is -0.473 e. The van der Waals surface area contributed by atoms with Gasteiger partial charge in [0, 0.05) is 25.9 Å². The number of hydrogen-bond donors (Lipinski definition) is 0. The van der Waals surface area contributed by atoms with E-state index in [9.17, 15) is 8.42 Å². The van der Waals surface area contributed by atoms with E-state index in [1.165, 1.54) is 4.31 Å². The molecule has 8 heteroatoms. The third-order valence-electron chi connectivity index (χ3n) is 4.07. The van der Waals surface area contributed by atoms with Crippen molar-refractivity contribution in [1.29, 1.82) is 0 Å². The van der Waals surface area contributed by atoms with Gasteiger partial charge in [0.25, 0.3) is 0 Å². The SMILES string of the molecule is Cc1nn(C)c(C)c1S(=O)(=O)N1CC[C@@H](Oc2ccccn2)C1. The topological polar surface area (TPSA) is 77.3 Å². The van der Waals surface area contributed by atoms with Gasteiger partial charge in [-0.1, -0.05) is 6.07 Å². The van der Waals surface area contributed by atoms with Gasteiger partial charge in [0.1, 0.15) is 11.0 Å². The van der Waals surface area contributed by atoms with Crippen molar-refractivity contribution in [3.05, 3.63) is 35.8 Å². The van der Waals surface area contributed by atoms with E-state index in [1.807, 2.05) is 12.1 Å². The summed E-state index contributed by atoms with van der Waals surface area (Å²) >= 11 is 0. The van der Waals surface area contributed by atoms with Crippen LogP contribution in [0.3, 0.4) is 0 Å². The summed E-state index contributed by atoms with van der Waals surface area (Å²) in [7, 11) is -1.81. The van der Waals surface area contributed by atoms with Gasteiger partial charge in [0.2, 0.25) is 15.9 Å². The van der Waals surface area contributed by atoms with E-state index in [-0.39, 0.29) is 6.10 Å². The summed E-state index contributed by atoms with van der Waals surface area (Å²) in [6, 6.07) is 5.42. The first-order valence-electron chi connectivity index (χ1n) is 7.47. The number of ether oxygens (including phenoxy) is 1. The average molecular weight is 336 g/mol. The molecule has 3 heterocycles. The summed E-state index contributed by atoms with van der Waals surface area (Å²) in [6.45, 7) is 4.25. The van der Waals surface area contributed by atoms with Crippen molar-refractivity contribution in [3.8, 4) is 5.88 Å². The van der Waals surface area contributed by atoms with Gasteiger partial charge in [-0.3, -0.25) is 4.68 Å². The molecule has 23 heavy (non-hydrogen) atoms. The van der Waals surface area contributed by atoms with E-state index in [0.717, 1.165) is 0 Å². The molecule has 0 saturated carbocycles. The van der Waals surface area contributed by atoms with Crippen molar-refractivity contribution < 1.29 is 13.2 Å². The lowest BCUT2D eigenvalue weighted by Gasteiger charge is -2.17. The standard InChI is InChI=1S/C15H20N4O3S/c1-11-15(12(2)18(3)17-11)23(20,21)19-9-7-13(10-19)22-14-6-4-5-8-16-14/h4-6,8,13H,7,9-10H2,1-3H3/t13-/m1/s1. The molecule has 1 fully saturated rings. The number of nitrogens with zero attached hydrogens (tertiary/aromatic N) is 4. The van der Waals surface area contributed by atoms with Gasteiger partial charge < -0.3 is 4.74 Å². The zero-order valence-corrected chi connectivity index (χ0v) is 14.2. The van der Waals surface area contributed by atoms with Crippen LogP contribution in [0.15, 0.2) is 29.3 Å². The summed E-state index contributed by atoms with van der Waals surface area (Å²) in [5.41, 5.74) is 1.18. The van der Waals surface area contributed by atoms with E-state index in [2.05, 4.69) is 10.1 Å². The van der Waals surface area contributed by atoms with Gasteiger partial charge in [0.05, 0.1) is 17.9 Å². The fraction of sp³-hybridized carbons (Fsp3) is 0.467. The van der Waals surface area contributed by atoms with Crippen LogP contribution in [-0.4, -0.2) is 46.7 Å². The molecule has 0 aromatic carbocycles. The fourth-order valence-corrected chi connectivity index (χ4v) is 4.74. The Morgan fingerprint density at radius 1 is 1.30 bits per heavy atom. The van der Waals surface area contributed by atoms with Crippen molar-refractivity contribution in [2.24, 2.45) is 7.05 Å². The van der Waals surface area contributed by atoms with Gasteiger partial charge in [0.15, 0.2) is 0 Å². The molecule has 1 aliphatic heterocycles. The van der Waals surface area contributed by atoms with E-state index in [4.69, 9.17) is 4.74 Å². The van der Waals surface area contributed by atoms with Gasteiger partial charge in [-0.25, -0.2) is 13.4 Å². The van der Waals surface area contributed by atoms with Crippen molar-refractivity contribution in [2.45, 2.75) is 31.3 Å². The van der Waals surface area contributed by atoms with Crippen LogP contribution in [0, 0.1) is 13.8 Å². The molecule has 0 spiro atoms. The largest absolute Gasteiger partial charge is 0.473 e. The van der Waals surface area contributed by atoms with Crippen LogP contribution in [0.1, 0.15) is 17.8 Å². The first kappa shape index (κ1) is 15.9. The van der Waals surface area contributed by atoms with Crippen molar-refractivity contribution >= 4 is 10.0 Å². The Morgan fingerprint density at radius 2 is 2.09 bits per heavy atom. The summed E-state index contributed by atoms with van der Waals surface area (Å²) in [5.74, 6) is 0.519. The van der Waals surface area contributed by atoms with Gasteiger partial charge >= 0.3 is 0 Å². The average Bonchev–Trinajstić information content (AvgIpc) is 3.06. The highest BCUT2D eigenvalue weighted by Gasteiger charge is 2.36. The Balaban J connectivity index is 1.78. The molecule has 3 rings (SSSR count). The number of pyridine rings is 1.